The van der Waals surface area contributed by atoms with E-state index >= 15 is 0 Å². The topological polar surface area (TPSA) is 23.2 Å². The zero-order valence-corrected chi connectivity index (χ0v) is 9.26. The molecule has 82 valence electrons. The number of benzene rings is 1. The lowest BCUT2D eigenvalue weighted by Gasteiger charge is -2.09. The number of hydrogen-bond donors (Lipinski definition) is 1. The van der Waals surface area contributed by atoms with Crippen molar-refractivity contribution in [2.24, 2.45) is 0 Å². The van der Waals surface area contributed by atoms with Gasteiger partial charge < -0.3 is 5.11 Å². The van der Waals surface area contributed by atoms with Gasteiger partial charge in [0.1, 0.15) is 0 Å². The normalized spacial score (nSPS) is 26.3. The molecule has 2 nitrogen and oxygen atoms in total. The van der Waals surface area contributed by atoms with Crippen molar-refractivity contribution in [1.82, 2.24) is 4.90 Å². The van der Waals surface area contributed by atoms with Gasteiger partial charge in [0.25, 0.3) is 0 Å². The average Bonchev–Trinajstić information content (AvgIpc) is 2.99. The minimum Gasteiger partial charge on any atom is -0.391 e. The molecule has 1 aromatic carbocycles. The first kappa shape index (κ1) is 10.7. The quantitative estimate of drug-likeness (QED) is 0.743. The number of aliphatic hydroxyl groups is 1. The van der Waals surface area contributed by atoms with Gasteiger partial charge in [-0.1, -0.05) is 43.7 Å². The highest BCUT2D eigenvalue weighted by molar-refractivity contribution is 5.16. The second-order valence-corrected chi connectivity index (χ2v) is 4.34. The first-order chi connectivity index (χ1) is 7.31. The van der Waals surface area contributed by atoms with Gasteiger partial charge in [-0.15, -0.1) is 0 Å². The summed E-state index contributed by atoms with van der Waals surface area (Å²) in [5, 5.41) is 9.80. The summed E-state index contributed by atoms with van der Waals surface area (Å²) < 4.78 is 0. The van der Waals surface area contributed by atoms with Crippen molar-refractivity contribution in [3.8, 4) is 0 Å². The number of rotatable bonds is 5. The SMILES string of the molecule is CCC[C@H](O)[C@H]1CN1Cc1ccccc1. The smallest absolute Gasteiger partial charge is 0.0707 e. The lowest BCUT2D eigenvalue weighted by molar-refractivity contribution is 0.144. The van der Waals surface area contributed by atoms with Crippen LogP contribution in [0.1, 0.15) is 25.3 Å². The van der Waals surface area contributed by atoms with E-state index in [1.165, 1.54) is 5.56 Å². The molecule has 1 N–H and O–H groups in total. The van der Waals surface area contributed by atoms with Gasteiger partial charge in [0, 0.05) is 19.1 Å². The minimum atomic E-state index is -0.126. The van der Waals surface area contributed by atoms with Crippen molar-refractivity contribution in [3.05, 3.63) is 35.9 Å². The van der Waals surface area contributed by atoms with Crippen LogP contribution in [0.15, 0.2) is 30.3 Å². The molecule has 0 spiro atoms. The number of nitrogens with zero attached hydrogens (tertiary/aromatic N) is 1. The molecule has 0 radical (unpaired) electrons. The fourth-order valence-corrected chi connectivity index (χ4v) is 2.05. The van der Waals surface area contributed by atoms with Crippen LogP contribution in [0.4, 0.5) is 0 Å². The van der Waals surface area contributed by atoms with Gasteiger partial charge in [-0.25, -0.2) is 0 Å². The predicted molar refractivity (Wildman–Crippen MR) is 61.6 cm³/mol. The van der Waals surface area contributed by atoms with Gasteiger partial charge in [0.2, 0.25) is 0 Å². The summed E-state index contributed by atoms with van der Waals surface area (Å²) in [4.78, 5) is 2.33. The van der Waals surface area contributed by atoms with E-state index in [-0.39, 0.29) is 6.10 Å². The van der Waals surface area contributed by atoms with E-state index in [0.717, 1.165) is 25.9 Å². The van der Waals surface area contributed by atoms with Gasteiger partial charge in [-0.05, 0) is 12.0 Å². The Hall–Kier alpha value is -0.860. The summed E-state index contributed by atoms with van der Waals surface area (Å²) in [7, 11) is 0. The summed E-state index contributed by atoms with van der Waals surface area (Å²) in [6.45, 7) is 4.15. The molecule has 2 rings (SSSR count). The van der Waals surface area contributed by atoms with E-state index in [0.29, 0.717) is 6.04 Å². The highest BCUT2D eigenvalue weighted by atomic mass is 16.3. The lowest BCUT2D eigenvalue weighted by atomic mass is 10.1. The van der Waals surface area contributed by atoms with Crippen LogP contribution in [-0.2, 0) is 6.54 Å². The van der Waals surface area contributed by atoms with E-state index in [2.05, 4.69) is 36.1 Å². The molecule has 1 unspecified atom stereocenters. The van der Waals surface area contributed by atoms with Crippen LogP contribution in [0.5, 0.6) is 0 Å². The molecule has 3 atom stereocenters. The Kier molecular flexibility index (Phi) is 3.39. The maximum atomic E-state index is 9.80. The standard InChI is InChI=1S/C13H19NO/c1-2-6-13(15)12-10-14(12)9-11-7-4-3-5-8-11/h3-5,7-8,12-13,15H,2,6,9-10H2,1H3/t12-,13+,14?/m1/s1. The molecular weight excluding hydrogens is 186 g/mol. The van der Waals surface area contributed by atoms with E-state index in [1.54, 1.807) is 0 Å². The minimum absolute atomic E-state index is 0.126. The van der Waals surface area contributed by atoms with Gasteiger partial charge in [0.15, 0.2) is 0 Å². The van der Waals surface area contributed by atoms with Gasteiger partial charge >= 0.3 is 0 Å². The zero-order chi connectivity index (χ0) is 10.7. The Morgan fingerprint density at radius 3 is 2.80 bits per heavy atom. The number of aliphatic hydroxyl groups excluding tert-OH is 1. The summed E-state index contributed by atoms with van der Waals surface area (Å²) in [6, 6.07) is 10.9. The largest absolute Gasteiger partial charge is 0.391 e. The molecule has 15 heavy (non-hydrogen) atoms. The average molecular weight is 205 g/mol. The molecule has 0 aliphatic carbocycles. The monoisotopic (exact) mass is 205 g/mol. The van der Waals surface area contributed by atoms with Crippen molar-refractivity contribution in [3.63, 3.8) is 0 Å². The molecule has 0 bridgehead atoms. The fourth-order valence-electron chi connectivity index (χ4n) is 2.05. The molecular formula is C13H19NO. The van der Waals surface area contributed by atoms with Crippen molar-refractivity contribution in [2.45, 2.75) is 38.5 Å². The molecule has 2 heteroatoms. The molecule has 1 heterocycles. The first-order valence-corrected chi connectivity index (χ1v) is 5.77. The van der Waals surface area contributed by atoms with Crippen LogP contribution in [0.2, 0.25) is 0 Å². The van der Waals surface area contributed by atoms with Gasteiger partial charge in [-0.3, -0.25) is 4.90 Å². The van der Waals surface area contributed by atoms with Gasteiger partial charge in [-0.2, -0.15) is 0 Å². The van der Waals surface area contributed by atoms with Crippen molar-refractivity contribution < 1.29 is 5.11 Å². The number of hydrogen-bond acceptors (Lipinski definition) is 2. The van der Waals surface area contributed by atoms with Crippen LogP contribution < -0.4 is 0 Å². The molecule has 0 saturated carbocycles. The molecule has 1 aromatic rings. The Labute approximate surface area is 91.5 Å². The third kappa shape index (κ3) is 2.80. The molecule has 1 fully saturated rings. The van der Waals surface area contributed by atoms with Crippen molar-refractivity contribution >= 4 is 0 Å². The summed E-state index contributed by atoms with van der Waals surface area (Å²) >= 11 is 0. The first-order valence-electron chi connectivity index (χ1n) is 5.77. The summed E-state index contributed by atoms with van der Waals surface area (Å²) in [5.74, 6) is 0. The Balaban J connectivity index is 1.80. The van der Waals surface area contributed by atoms with Crippen LogP contribution in [-0.4, -0.2) is 28.7 Å². The highest BCUT2D eigenvalue weighted by Crippen LogP contribution is 2.25. The summed E-state index contributed by atoms with van der Waals surface area (Å²) in [5.41, 5.74) is 1.34. The van der Waals surface area contributed by atoms with Crippen LogP contribution >= 0.6 is 0 Å². The van der Waals surface area contributed by atoms with Crippen LogP contribution in [0, 0.1) is 0 Å². The Morgan fingerprint density at radius 2 is 2.13 bits per heavy atom. The zero-order valence-electron chi connectivity index (χ0n) is 9.26. The second kappa shape index (κ2) is 4.77. The molecule has 1 aliphatic rings. The van der Waals surface area contributed by atoms with E-state index in [4.69, 9.17) is 0 Å². The fraction of sp³-hybridized carbons (Fsp3) is 0.538. The van der Waals surface area contributed by atoms with Crippen LogP contribution in [0.3, 0.4) is 0 Å². The van der Waals surface area contributed by atoms with Crippen LogP contribution in [0.25, 0.3) is 0 Å². The van der Waals surface area contributed by atoms with E-state index in [9.17, 15) is 5.11 Å². The summed E-state index contributed by atoms with van der Waals surface area (Å²) in [6.07, 6.45) is 1.87. The van der Waals surface area contributed by atoms with Crippen molar-refractivity contribution in [1.29, 1.82) is 0 Å². The van der Waals surface area contributed by atoms with Crippen molar-refractivity contribution in [2.75, 3.05) is 6.54 Å². The van der Waals surface area contributed by atoms with E-state index < -0.39 is 0 Å². The molecule has 1 aliphatic heterocycles. The highest BCUT2D eigenvalue weighted by Gasteiger charge is 2.38. The third-order valence-electron chi connectivity index (χ3n) is 3.01. The van der Waals surface area contributed by atoms with Gasteiger partial charge in [0.05, 0.1) is 6.10 Å². The maximum absolute atomic E-state index is 9.80. The Morgan fingerprint density at radius 1 is 1.40 bits per heavy atom. The lowest BCUT2D eigenvalue weighted by Crippen LogP contribution is -2.18. The predicted octanol–water partition coefficient (Wildman–Crippen LogP) is 2.03. The maximum Gasteiger partial charge on any atom is 0.0707 e. The second-order valence-electron chi connectivity index (χ2n) is 4.34. The molecule has 0 aromatic heterocycles. The van der Waals surface area contributed by atoms with E-state index in [1.807, 2.05) is 6.07 Å². The third-order valence-corrected chi connectivity index (χ3v) is 3.01. The molecule has 1 saturated heterocycles. The Bertz CT molecular complexity index is 299. The molecule has 0 amide bonds.